The summed E-state index contributed by atoms with van der Waals surface area (Å²) in [5.74, 6) is -0.624. The molecule has 3 aromatic carbocycles. The number of carbonyl (C=O) groups is 2. The number of anilines is 2. The topological polar surface area (TPSA) is 77.7 Å². The number of aryl methyl sites for hydroxylation is 1. The lowest BCUT2D eigenvalue weighted by atomic mass is 9.97. The molecule has 236 valence electrons. The van der Waals surface area contributed by atoms with Crippen LogP contribution in [0, 0.1) is 24.1 Å². The summed E-state index contributed by atoms with van der Waals surface area (Å²) in [6.07, 6.45) is 0.260. The zero-order valence-corrected chi connectivity index (χ0v) is 26.8. The zero-order chi connectivity index (χ0) is 31.9. The molecule has 2 amide bonds. The Morgan fingerprint density at radius 2 is 1.69 bits per heavy atom. The van der Waals surface area contributed by atoms with Crippen molar-refractivity contribution in [2.45, 2.75) is 59.0 Å². The number of halogens is 1. The standard InChI is InChI=1S/C37H43FN4O3/c1-24-33(28-11-7-9-13-31(28)39-24)34-29(36(34,2)3)22-32(43)42(23-25-10-6-8-12-30(25)38)37(4,5)35(44)40-26-14-16-27(17-15-26)41-18-20-45-21-19-41/h6-17,29,34,39H,18-23H2,1-5H3,(H,40,44)/t29-,34+/m1/s1. The fourth-order valence-corrected chi connectivity index (χ4v) is 7.07. The quantitative estimate of drug-likeness (QED) is 0.213. The summed E-state index contributed by atoms with van der Waals surface area (Å²) in [5, 5.41) is 4.20. The van der Waals surface area contributed by atoms with Gasteiger partial charge >= 0.3 is 0 Å². The third kappa shape index (κ3) is 5.96. The van der Waals surface area contributed by atoms with Crippen molar-refractivity contribution in [1.82, 2.24) is 9.88 Å². The summed E-state index contributed by atoms with van der Waals surface area (Å²) in [6.45, 7) is 13.0. The fraction of sp³-hybridized carbons (Fsp3) is 0.405. The first kappa shape index (κ1) is 30.8. The monoisotopic (exact) mass is 610 g/mol. The first-order valence-electron chi connectivity index (χ1n) is 15.8. The highest BCUT2D eigenvalue weighted by atomic mass is 19.1. The van der Waals surface area contributed by atoms with Crippen LogP contribution in [-0.2, 0) is 20.9 Å². The maximum Gasteiger partial charge on any atom is 0.249 e. The molecule has 8 heteroatoms. The number of fused-ring (bicyclic) bond motifs is 1. The van der Waals surface area contributed by atoms with Crippen LogP contribution in [0.1, 0.15) is 56.9 Å². The number of nitrogens with zero attached hydrogens (tertiary/aromatic N) is 2. The van der Waals surface area contributed by atoms with Gasteiger partial charge in [0.05, 0.1) is 13.2 Å². The Morgan fingerprint density at radius 1 is 1.02 bits per heavy atom. The number of nitrogens with one attached hydrogen (secondary N) is 2. The Bertz CT molecular complexity index is 1700. The highest BCUT2D eigenvalue weighted by Crippen LogP contribution is 2.67. The van der Waals surface area contributed by atoms with Crippen LogP contribution in [0.4, 0.5) is 15.8 Å². The van der Waals surface area contributed by atoms with Crippen LogP contribution in [0.25, 0.3) is 10.9 Å². The number of amides is 2. The van der Waals surface area contributed by atoms with Gasteiger partial charge in [0.2, 0.25) is 11.8 Å². The van der Waals surface area contributed by atoms with Crippen molar-refractivity contribution in [1.29, 1.82) is 0 Å². The molecule has 7 nitrogen and oxygen atoms in total. The zero-order valence-electron chi connectivity index (χ0n) is 26.8. The molecule has 1 aromatic heterocycles. The van der Waals surface area contributed by atoms with Crippen LogP contribution in [0.15, 0.2) is 72.8 Å². The number of rotatable bonds is 9. The van der Waals surface area contributed by atoms with Gasteiger partial charge in [-0.1, -0.05) is 50.2 Å². The summed E-state index contributed by atoms with van der Waals surface area (Å²) in [4.78, 5) is 35.5. The van der Waals surface area contributed by atoms with Crippen LogP contribution in [0.3, 0.4) is 0 Å². The number of ether oxygens (including phenoxy) is 1. The molecule has 2 atom stereocenters. The van der Waals surface area contributed by atoms with E-state index in [0.717, 1.165) is 30.0 Å². The molecule has 1 saturated heterocycles. The fourth-order valence-electron chi connectivity index (χ4n) is 7.07. The lowest BCUT2D eigenvalue weighted by molar-refractivity contribution is -0.145. The number of benzene rings is 3. The van der Waals surface area contributed by atoms with Gasteiger partial charge in [0.1, 0.15) is 11.4 Å². The van der Waals surface area contributed by atoms with E-state index in [4.69, 9.17) is 4.74 Å². The Balaban J connectivity index is 1.23. The van der Waals surface area contributed by atoms with Gasteiger partial charge in [-0.3, -0.25) is 9.59 Å². The van der Waals surface area contributed by atoms with E-state index < -0.39 is 11.4 Å². The minimum atomic E-state index is -1.26. The molecular formula is C37H43FN4O3. The van der Waals surface area contributed by atoms with E-state index in [1.165, 1.54) is 17.0 Å². The smallest absolute Gasteiger partial charge is 0.249 e. The van der Waals surface area contributed by atoms with Gasteiger partial charge in [-0.05, 0) is 80.0 Å². The number of aromatic amines is 1. The van der Waals surface area contributed by atoms with Gasteiger partial charge in [-0.2, -0.15) is 0 Å². The predicted octanol–water partition coefficient (Wildman–Crippen LogP) is 7.03. The molecule has 0 unspecified atom stereocenters. The van der Waals surface area contributed by atoms with Crippen molar-refractivity contribution < 1.29 is 18.7 Å². The van der Waals surface area contributed by atoms with Crippen molar-refractivity contribution in [3.63, 3.8) is 0 Å². The second kappa shape index (κ2) is 12.0. The van der Waals surface area contributed by atoms with E-state index in [1.807, 2.05) is 36.4 Å². The predicted molar refractivity (Wildman–Crippen MR) is 177 cm³/mol. The largest absolute Gasteiger partial charge is 0.378 e. The van der Waals surface area contributed by atoms with E-state index >= 15 is 0 Å². The van der Waals surface area contributed by atoms with E-state index in [0.29, 0.717) is 24.5 Å². The summed E-state index contributed by atoms with van der Waals surface area (Å²) in [5.41, 5.74) is 4.19. The number of hydrogen-bond donors (Lipinski definition) is 2. The third-order valence-electron chi connectivity index (χ3n) is 10.0. The maximum absolute atomic E-state index is 14.9. The Kier molecular flexibility index (Phi) is 8.20. The number of hydrogen-bond acceptors (Lipinski definition) is 4. The minimum Gasteiger partial charge on any atom is -0.378 e. The van der Waals surface area contributed by atoms with Gasteiger partial charge in [-0.25, -0.2) is 4.39 Å². The van der Waals surface area contributed by atoms with Gasteiger partial charge in [0.15, 0.2) is 0 Å². The number of carbonyl (C=O) groups excluding carboxylic acids is 2. The van der Waals surface area contributed by atoms with Crippen molar-refractivity contribution in [3.05, 3.63) is 95.4 Å². The summed E-state index contributed by atoms with van der Waals surface area (Å²) >= 11 is 0. The molecule has 0 spiro atoms. The normalized spacial score (nSPS) is 19.4. The van der Waals surface area contributed by atoms with Crippen LogP contribution >= 0.6 is 0 Å². The molecule has 0 bridgehead atoms. The van der Waals surface area contributed by atoms with Crippen LogP contribution in [0.5, 0.6) is 0 Å². The lowest BCUT2D eigenvalue weighted by Crippen LogP contribution is -2.55. The number of morpholine rings is 1. The van der Waals surface area contributed by atoms with Gasteiger partial charge in [0.25, 0.3) is 0 Å². The first-order chi connectivity index (χ1) is 21.5. The van der Waals surface area contributed by atoms with Crippen molar-refractivity contribution in [3.8, 4) is 0 Å². The molecule has 2 aliphatic rings. The molecule has 0 radical (unpaired) electrons. The molecule has 4 aromatic rings. The molecule has 1 aliphatic heterocycles. The SMILES string of the molecule is Cc1[nH]c2ccccc2c1[C@@H]1[C@@H](CC(=O)N(Cc2ccccc2F)C(C)(C)C(=O)Nc2ccc(N3CCOCC3)cc2)C1(C)C. The highest BCUT2D eigenvalue weighted by molar-refractivity contribution is 6.00. The second-order valence-electron chi connectivity index (χ2n) is 13.5. The average Bonchev–Trinajstić information content (AvgIpc) is 3.37. The van der Waals surface area contributed by atoms with Crippen LogP contribution in [-0.4, -0.2) is 53.5 Å². The third-order valence-corrected chi connectivity index (χ3v) is 10.0. The van der Waals surface area contributed by atoms with Gasteiger partial charge in [-0.15, -0.1) is 0 Å². The summed E-state index contributed by atoms with van der Waals surface area (Å²) in [7, 11) is 0. The Labute approximate surface area is 264 Å². The van der Waals surface area contributed by atoms with E-state index in [9.17, 15) is 14.0 Å². The maximum atomic E-state index is 14.9. The molecule has 45 heavy (non-hydrogen) atoms. The molecule has 6 rings (SSSR count). The number of H-pyrrole nitrogens is 1. The highest BCUT2D eigenvalue weighted by Gasteiger charge is 2.60. The van der Waals surface area contributed by atoms with Crippen molar-refractivity contribution in [2.24, 2.45) is 11.3 Å². The van der Waals surface area contributed by atoms with E-state index in [-0.39, 0.29) is 42.0 Å². The van der Waals surface area contributed by atoms with E-state index in [1.54, 1.807) is 36.9 Å². The minimum absolute atomic E-state index is 0.00811. The Morgan fingerprint density at radius 3 is 2.40 bits per heavy atom. The number of aromatic nitrogens is 1. The van der Waals surface area contributed by atoms with Crippen LogP contribution < -0.4 is 10.2 Å². The molecule has 2 fully saturated rings. The molecule has 1 aliphatic carbocycles. The van der Waals surface area contributed by atoms with Gasteiger partial charge < -0.3 is 24.8 Å². The molecule has 1 saturated carbocycles. The average molecular weight is 611 g/mol. The van der Waals surface area contributed by atoms with Crippen LogP contribution in [0.2, 0.25) is 0 Å². The lowest BCUT2D eigenvalue weighted by Gasteiger charge is -2.38. The van der Waals surface area contributed by atoms with Crippen molar-refractivity contribution >= 4 is 34.1 Å². The molecule has 2 heterocycles. The van der Waals surface area contributed by atoms with E-state index in [2.05, 4.69) is 48.1 Å². The van der Waals surface area contributed by atoms with Crippen molar-refractivity contribution in [2.75, 3.05) is 36.5 Å². The molecule has 2 N–H and O–H groups in total. The number of para-hydroxylation sites is 1. The van der Waals surface area contributed by atoms with Gasteiger partial charge in [0, 0.05) is 59.6 Å². The Hall–Kier alpha value is -4.17. The second-order valence-corrected chi connectivity index (χ2v) is 13.5. The first-order valence-corrected chi connectivity index (χ1v) is 15.8. The summed E-state index contributed by atoms with van der Waals surface area (Å²) < 4.78 is 20.4. The summed E-state index contributed by atoms with van der Waals surface area (Å²) in [6, 6.07) is 22.4. The molecular weight excluding hydrogens is 567 g/mol.